The Morgan fingerprint density at radius 3 is 2.53 bits per heavy atom. The molecule has 1 heterocycles. The minimum atomic E-state index is -0.466. The van der Waals surface area contributed by atoms with Gasteiger partial charge in [-0.15, -0.1) is 0 Å². The summed E-state index contributed by atoms with van der Waals surface area (Å²) in [5.41, 5.74) is 6.96. The summed E-state index contributed by atoms with van der Waals surface area (Å²) >= 11 is 0. The molecule has 32 heavy (non-hydrogen) atoms. The van der Waals surface area contributed by atoms with E-state index in [4.69, 9.17) is 14.2 Å². The quantitative estimate of drug-likeness (QED) is 0.462. The summed E-state index contributed by atoms with van der Waals surface area (Å²) in [6.07, 6.45) is 2.97. The number of hydrogen-bond donors (Lipinski definition) is 2. The van der Waals surface area contributed by atoms with Crippen LogP contribution < -0.4 is 25.1 Å². The second-order valence-electron chi connectivity index (χ2n) is 6.98. The smallest absolute Gasteiger partial charge is 0.269 e. The Morgan fingerprint density at radius 1 is 0.875 bits per heavy atom. The number of nitrogens with one attached hydrogen (secondary N) is 2. The van der Waals surface area contributed by atoms with E-state index in [2.05, 4.69) is 10.9 Å². The minimum absolute atomic E-state index is 0.349. The van der Waals surface area contributed by atoms with Crippen LogP contribution in [0.25, 0.3) is 6.08 Å². The second-order valence-corrected chi connectivity index (χ2v) is 6.98. The van der Waals surface area contributed by atoms with Crippen molar-refractivity contribution < 1.29 is 23.8 Å². The molecular weight excluding hydrogens is 408 g/mol. The van der Waals surface area contributed by atoms with Crippen LogP contribution in [-0.2, 0) is 11.4 Å². The number of fused-ring (bicyclic) bond motifs is 1. The number of carbonyl (C=O) groups is 2. The Bertz CT molecular complexity index is 1130. The second kappa shape index (κ2) is 10.2. The SMILES string of the molecule is O=C(/C=C/c1cccc(OCc2ccccc2)c1)NNC(=O)c1ccc2c(c1)OCCO2. The summed E-state index contributed by atoms with van der Waals surface area (Å²) in [5, 5.41) is 0. The molecule has 7 heteroatoms. The van der Waals surface area contributed by atoms with Gasteiger partial charge in [0.2, 0.25) is 0 Å². The molecule has 1 aliphatic rings. The van der Waals surface area contributed by atoms with Crippen LogP contribution in [0.1, 0.15) is 21.5 Å². The number of ether oxygens (including phenoxy) is 3. The van der Waals surface area contributed by atoms with Gasteiger partial charge >= 0.3 is 0 Å². The predicted molar refractivity (Wildman–Crippen MR) is 119 cm³/mol. The molecule has 162 valence electrons. The average Bonchev–Trinajstić information content (AvgIpc) is 2.85. The van der Waals surface area contributed by atoms with Crippen molar-refractivity contribution in [3.63, 3.8) is 0 Å². The first-order chi connectivity index (χ1) is 15.7. The Morgan fingerprint density at radius 2 is 1.69 bits per heavy atom. The first kappa shape index (κ1) is 21.0. The highest BCUT2D eigenvalue weighted by Gasteiger charge is 2.15. The van der Waals surface area contributed by atoms with Crippen molar-refractivity contribution >= 4 is 17.9 Å². The lowest BCUT2D eigenvalue weighted by Crippen LogP contribution is -2.40. The highest BCUT2D eigenvalue weighted by molar-refractivity contribution is 5.98. The van der Waals surface area contributed by atoms with Gasteiger partial charge < -0.3 is 14.2 Å². The van der Waals surface area contributed by atoms with Crippen LogP contribution in [0.4, 0.5) is 0 Å². The topological polar surface area (TPSA) is 85.9 Å². The van der Waals surface area contributed by atoms with Crippen LogP contribution in [-0.4, -0.2) is 25.0 Å². The molecule has 1 aliphatic heterocycles. The zero-order valence-corrected chi connectivity index (χ0v) is 17.2. The van der Waals surface area contributed by atoms with E-state index in [0.29, 0.717) is 42.6 Å². The third kappa shape index (κ3) is 5.66. The Hall–Kier alpha value is -4.26. The van der Waals surface area contributed by atoms with Crippen LogP contribution >= 0.6 is 0 Å². The first-order valence-electron chi connectivity index (χ1n) is 10.1. The zero-order chi connectivity index (χ0) is 22.2. The van der Waals surface area contributed by atoms with Gasteiger partial charge in [0, 0.05) is 11.6 Å². The Kier molecular flexibility index (Phi) is 6.67. The number of carbonyl (C=O) groups excluding carboxylic acids is 2. The molecule has 0 fully saturated rings. The lowest BCUT2D eigenvalue weighted by Gasteiger charge is -2.18. The van der Waals surface area contributed by atoms with Crippen molar-refractivity contribution in [3.8, 4) is 17.2 Å². The molecule has 0 saturated heterocycles. The molecule has 3 aromatic rings. The number of hydrogen-bond acceptors (Lipinski definition) is 5. The molecule has 0 atom stereocenters. The summed E-state index contributed by atoms with van der Waals surface area (Å²) < 4.78 is 16.7. The van der Waals surface area contributed by atoms with Crippen molar-refractivity contribution in [1.82, 2.24) is 10.9 Å². The van der Waals surface area contributed by atoms with Crippen LogP contribution in [0.3, 0.4) is 0 Å². The van der Waals surface area contributed by atoms with Crippen molar-refractivity contribution in [3.05, 3.63) is 95.6 Å². The maximum absolute atomic E-state index is 12.3. The van der Waals surface area contributed by atoms with Gasteiger partial charge in [-0.25, -0.2) is 0 Å². The van der Waals surface area contributed by atoms with Crippen LogP contribution in [0.15, 0.2) is 78.9 Å². The minimum Gasteiger partial charge on any atom is -0.489 e. The lowest BCUT2D eigenvalue weighted by molar-refractivity contribution is -0.117. The molecule has 2 amide bonds. The van der Waals surface area contributed by atoms with Gasteiger partial charge in [0.15, 0.2) is 11.5 Å². The van der Waals surface area contributed by atoms with Gasteiger partial charge in [-0.05, 0) is 47.5 Å². The molecule has 3 aromatic carbocycles. The molecule has 0 saturated carbocycles. The van der Waals surface area contributed by atoms with Crippen molar-refractivity contribution in [2.24, 2.45) is 0 Å². The average molecular weight is 430 g/mol. The van der Waals surface area contributed by atoms with E-state index < -0.39 is 11.8 Å². The summed E-state index contributed by atoms with van der Waals surface area (Å²) in [6, 6.07) is 22.1. The molecule has 0 bridgehead atoms. The fraction of sp³-hybridized carbons (Fsp3) is 0.120. The van der Waals surface area contributed by atoms with E-state index in [1.54, 1.807) is 24.3 Å². The molecule has 7 nitrogen and oxygen atoms in total. The summed E-state index contributed by atoms with van der Waals surface area (Å²) in [6.45, 7) is 1.36. The summed E-state index contributed by atoms with van der Waals surface area (Å²) in [7, 11) is 0. The first-order valence-corrected chi connectivity index (χ1v) is 10.1. The normalized spacial score (nSPS) is 12.2. The molecular formula is C25H22N2O5. The standard InChI is InChI=1S/C25H22N2O5/c28-24(26-27-25(29)20-10-11-22-23(16-20)31-14-13-30-22)12-9-18-7-4-8-21(15-18)32-17-19-5-2-1-3-6-19/h1-12,15-16H,13-14,17H2,(H,26,28)(H,27,29)/b12-9+. The van der Waals surface area contributed by atoms with Gasteiger partial charge in [0.25, 0.3) is 11.8 Å². The van der Waals surface area contributed by atoms with E-state index in [1.807, 2.05) is 54.6 Å². The molecule has 2 N–H and O–H groups in total. The third-order valence-electron chi connectivity index (χ3n) is 4.64. The van der Waals surface area contributed by atoms with E-state index >= 15 is 0 Å². The largest absolute Gasteiger partial charge is 0.489 e. The molecule has 0 unspecified atom stereocenters. The number of amides is 2. The van der Waals surface area contributed by atoms with Crippen molar-refractivity contribution in [2.75, 3.05) is 13.2 Å². The monoisotopic (exact) mass is 430 g/mol. The van der Waals surface area contributed by atoms with Gasteiger partial charge in [-0.3, -0.25) is 20.4 Å². The van der Waals surface area contributed by atoms with Crippen molar-refractivity contribution in [1.29, 1.82) is 0 Å². The van der Waals surface area contributed by atoms with Gasteiger partial charge in [-0.1, -0.05) is 42.5 Å². The molecule has 0 aliphatic carbocycles. The van der Waals surface area contributed by atoms with E-state index in [0.717, 1.165) is 11.1 Å². The maximum Gasteiger partial charge on any atom is 0.269 e. The highest BCUT2D eigenvalue weighted by atomic mass is 16.6. The van der Waals surface area contributed by atoms with Gasteiger partial charge in [0.1, 0.15) is 25.6 Å². The summed E-state index contributed by atoms with van der Waals surface area (Å²) in [5.74, 6) is 0.870. The third-order valence-corrected chi connectivity index (χ3v) is 4.64. The Labute approximate surface area is 185 Å². The maximum atomic E-state index is 12.3. The lowest BCUT2D eigenvalue weighted by atomic mass is 10.2. The number of hydrazine groups is 1. The molecule has 4 rings (SSSR count). The predicted octanol–water partition coefficient (Wildman–Crippen LogP) is 3.51. The fourth-order valence-corrected chi connectivity index (χ4v) is 3.04. The molecule has 0 aromatic heterocycles. The van der Waals surface area contributed by atoms with Gasteiger partial charge in [0.05, 0.1) is 0 Å². The highest BCUT2D eigenvalue weighted by Crippen LogP contribution is 2.30. The van der Waals surface area contributed by atoms with Crippen LogP contribution in [0.2, 0.25) is 0 Å². The Balaban J connectivity index is 1.28. The summed E-state index contributed by atoms with van der Waals surface area (Å²) in [4.78, 5) is 24.4. The van der Waals surface area contributed by atoms with Crippen LogP contribution in [0, 0.1) is 0 Å². The number of benzene rings is 3. The van der Waals surface area contributed by atoms with E-state index in [9.17, 15) is 9.59 Å². The van der Waals surface area contributed by atoms with Crippen LogP contribution in [0.5, 0.6) is 17.2 Å². The molecule has 0 radical (unpaired) electrons. The van der Waals surface area contributed by atoms with E-state index in [-0.39, 0.29) is 0 Å². The molecule has 0 spiro atoms. The number of rotatable bonds is 6. The van der Waals surface area contributed by atoms with E-state index in [1.165, 1.54) is 6.08 Å². The van der Waals surface area contributed by atoms with Gasteiger partial charge in [-0.2, -0.15) is 0 Å². The van der Waals surface area contributed by atoms with Crippen molar-refractivity contribution in [2.45, 2.75) is 6.61 Å². The fourth-order valence-electron chi connectivity index (χ4n) is 3.04. The zero-order valence-electron chi connectivity index (χ0n) is 17.2.